The molecule has 0 aromatic carbocycles. The first-order valence-electron chi connectivity index (χ1n) is 27.5. The van der Waals surface area contributed by atoms with Crippen molar-refractivity contribution in [2.24, 2.45) is 0 Å². The van der Waals surface area contributed by atoms with Crippen molar-refractivity contribution in [3.63, 3.8) is 0 Å². The van der Waals surface area contributed by atoms with E-state index < -0.39 is 57.8 Å². The van der Waals surface area contributed by atoms with Gasteiger partial charge in [0.2, 0.25) is 0 Å². The number of esters is 3. The molecule has 0 radical (unpaired) electrons. The van der Waals surface area contributed by atoms with Gasteiger partial charge in [0, 0.05) is 12.8 Å². The number of phosphoric acid groups is 1. The lowest BCUT2D eigenvalue weighted by atomic mass is 10.1. The molecule has 402 valence electrons. The van der Waals surface area contributed by atoms with Crippen molar-refractivity contribution in [2.75, 3.05) is 26.4 Å². The van der Waals surface area contributed by atoms with Crippen molar-refractivity contribution in [1.82, 2.24) is 0 Å². The molecule has 0 spiro atoms. The van der Waals surface area contributed by atoms with E-state index in [4.69, 9.17) is 23.3 Å². The van der Waals surface area contributed by atoms with E-state index in [9.17, 15) is 28.9 Å². The van der Waals surface area contributed by atoms with Crippen LogP contribution < -0.4 is 0 Å². The molecule has 0 fully saturated rings. The van der Waals surface area contributed by atoms with Crippen LogP contribution in [-0.4, -0.2) is 66.5 Å². The zero-order valence-electron chi connectivity index (χ0n) is 44.2. The molecular weight excluding hydrogens is 904 g/mol. The van der Waals surface area contributed by atoms with E-state index in [1.165, 1.54) is 70.6 Å². The van der Waals surface area contributed by atoms with Crippen LogP contribution in [0.2, 0.25) is 0 Å². The number of carbonyl (C=O) groups is 3. The van der Waals surface area contributed by atoms with Crippen molar-refractivity contribution in [3.05, 3.63) is 85.1 Å². The third-order valence-corrected chi connectivity index (χ3v) is 12.3. The average Bonchev–Trinajstić information content (AvgIpc) is 3.35. The van der Waals surface area contributed by atoms with Crippen molar-refractivity contribution >= 4 is 25.7 Å². The molecule has 0 aromatic heterocycles. The Labute approximate surface area is 426 Å². The molecule has 0 aliphatic carbocycles. The summed E-state index contributed by atoms with van der Waals surface area (Å²) in [6, 6.07) is 0. The lowest BCUT2D eigenvalue weighted by Gasteiger charge is -2.21. The fourth-order valence-corrected chi connectivity index (χ4v) is 7.90. The molecule has 0 aliphatic rings. The van der Waals surface area contributed by atoms with Crippen LogP contribution in [0.3, 0.4) is 0 Å². The van der Waals surface area contributed by atoms with Gasteiger partial charge in [0.25, 0.3) is 0 Å². The molecule has 0 amide bonds. The summed E-state index contributed by atoms with van der Waals surface area (Å²) in [6.45, 7) is 4.35. The maximum Gasteiger partial charge on any atom is 0.472 e. The summed E-state index contributed by atoms with van der Waals surface area (Å²) in [4.78, 5) is 48.3. The van der Waals surface area contributed by atoms with E-state index in [0.717, 1.165) is 96.3 Å². The van der Waals surface area contributed by atoms with Crippen LogP contribution in [0.5, 0.6) is 0 Å². The number of phosphoric ester groups is 1. The molecule has 0 aromatic rings. The van der Waals surface area contributed by atoms with Crippen molar-refractivity contribution in [2.45, 2.75) is 238 Å². The van der Waals surface area contributed by atoms with E-state index in [0.29, 0.717) is 19.3 Å². The first kappa shape index (κ1) is 66.7. The largest absolute Gasteiger partial charge is 0.472 e. The standard InChI is InChI=1S/C58H99O11P/c1-4-7-10-13-16-19-22-24-26-27-29-31-34-37-40-43-46-49-58(62)69-55(51-65-56(60)47-44-41-38-35-32-21-18-15-12-9-6-3)53-67-70(63,64)66-52-54(50-59)68-57(61)48-45-42-39-36-33-30-28-25-23-20-17-14-11-8-5-2/h8,11,15,17-18,20,24-26,28,33,36,42,45,54-55,59H,4-7,9-10,12-14,16,19,21-23,27,29-32,34-35,37-41,43-44,46-53H2,1-3H3,(H,63,64)/b11-8-,18-15-,20-17-,26-24-,28-25-,36-33-,45-42-. The lowest BCUT2D eigenvalue weighted by Crippen LogP contribution is -2.30. The third kappa shape index (κ3) is 49.6. The highest BCUT2D eigenvalue weighted by atomic mass is 31.2. The van der Waals surface area contributed by atoms with Crippen molar-refractivity contribution in [1.29, 1.82) is 0 Å². The van der Waals surface area contributed by atoms with Crippen LogP contribution >= 0.6 is 7.82 Å². The Morgan fingerprint density at radius 1 is 0.429 bits per heavy atom. The first-order chi connectivity index (χ1) is 34.2. The predicted molar refractivity (Wildman–Crippen MR) is 288 cm³/mol. The van der Waals surface area contributed by atoms with Gasteiger partial charge >= 0.3 is 25.7 Å². The zero-order chi connectivity index (χ0) is 51.3. The smallest absolute Gasteiger partial charge is 0.462 e. The average molecular weight is 1000 g/mol. The van der Waals surface area contributed by atoms with Gasteiger partial charge in [0.15, 0.2) is 6.10 Å². The number of hydrogen-bond acceptors (Lipinski definition) is 10. The fourth-order valence-electron chi connectivity index (χ4n) is 7.11. The molecule has 0 saturated carbocycles. The summed E-state index contributed by atoms with van der Waals surface area (Å²) in [5.41, 5.74) is 0. The molecule has 2 N–H and O–H groups in total. The van der Waals surface area contributed by atoms with Gasteiger partial charge < -0.3 is 24.2 Å². The summed E-state index contributed by atoms with van der Waals surface area (Å²) in [7, 11) is -4.77. The second kappa shape index (κ2) is 52.0. The Balaban J connectivity index is 4.80. The zero-order valence-corrected chi connectivity index (χ0v) is 45.1. The maximum absolute atomic E-state index is 12.9. The first-order valence-corrected chi connectivity index (χ1v) is 29.0. The summed E-state index contributed by atoms with van der Waals surface area (Å²) in [5.74, 6) is -1.62. The fraction of sp³-hybridized carbons (Fsp3) is 0.707. The Hall–Kier alpha value is -3.34. The van der Waals surface area contributed by atoms with Crippen LogP contribution in [0.25, 0.3) is 0 Å². The summed E-state index contributed by atoms with van der Waals surface area (Å²) < 4.78 is 39.3. The van der Waals surface area contributed by atoms with E-state index >= 15 is 0 Å². The van der Waals surface area contributed by atoms with Gasteiger partial charge in [-0.25, -0.2) is 4.57 Å². The second-order valence-corrected chi connectivity index (χ2v) is 19.5. The van der Waals surface area contributed by atoms with Gasteiger partial charge in [-0.3, -0.25) is 23.4 Å². The molecule has 70 heavy (non-hydrogen) atoms. The number of aliphatic hydroxyl groups excluding tert-OH is 1. The van der Waals surface area contributed by atoms with Crippen LogP contribution in [0, 0.1) is 0 Å². The Kier molecular flexibility index (Phi) is 49.5. The van der Waals surface area contributed by atoms with E-state index in [2.05, 4.69) is 81.5 Å². The van der Waals surface area contributed by atoms with Gasteiger partial charge in [-0.2, -0.15) is 0 Å². The molecule has 11 nitrogen and oxygen atoms in total. The minimum absolute atomic E-state index is 0.0579. The highest BCUT2D eigenvalue weighted by Gasteiger charge is 2.28. The number of unbranched alkanes of at least 4 members (excludes halogenated alkanes) is 20. The lowest BCUT2D eigenvalue weighted by molar-refractivity contribution is -0.161. The molecule has 3 atom stereocenters. The van der Waals surface area contributed by atoms with Crippen LogP contribution in [0.15, 0.2) is 85.1 Å². The van der Waals surface area contributed by atoms with E-state index in [1.807, 2.05) is 18.2 Å². The molecule has 12 heteroatoms. The normalized spacial score (nSPS) is 14.1. The number of hydrogen-bond donors (Lipinski definition) is 2. The minimum Gasteiger partial charge on any atom is -0.462 e. The quantitative estimate of drug-likeness (QED) is 0.0197. The molecule has 0 heterocycles. The maximum atomic E-state index is 12.9. The second-order valence-electron chi connectivity index (χ2n) is 18.0. The molecule has 0 aliphatic heterocycles. The summed E-state index contributed by atoms with van der Waals surface area (Å²) >= 11 is 0. The number of rotatable bonds is 50. The number of allylic oxidation sites excluding steroid dienone is 13. The molecular formula is C58H99O11P. The SMILES string of the molecule is CC/C=C\C/C=C\C/C=C\C/C=C\C/C=C\CC(=O)OC(CO)COP(=O)(O)OCC(COC(=O)CCCCCCC/C=C\CCCC)OC(=O)CCCCCCCCC/C=C\CCCCCCCC. The molecule has 0 rings (SSSR count). The van der Waals surface area contributed by atoms with Crippen LogP contribution in [0.4, 0.5) is 0 Å². The number of aliphatic hydroxyl groups is 1. The Morgan fingerprint density at radius 3 is 1.29 bits per heavy atom. The number of carbonyl (C=O) groups excluding carboxylic acids is 3. The highest BCUT2D eigenvalue weighted by molar-refractivity contribution is 7.47. The van der Waals surface area contributed by atoms with E-state index in [1.54, 1.807) is 6.08 Å². The Bertz CT molecular complexity index is 1500. The van der Waals surface area contributed by atoms with Gasteiger partial charge in [-0.1, -0.05) is 202 Å². The topological polar surface area (TPSA) is 155 Å². The molecule has 3 unspecified atom stereocenters. The summed E-state index contributed by atoms with van der Waals surface area (Å²) in [6.07, 6.45) is 58.6. The Morgan fingerprint density at radius 2 is 0.814 bits per heavy atom. The monoisotopic (exact) mass is 1000 g/mol. The third-order valence-electron chi connectivity index (χ3n) is 11.3. The van der Waals surface area contributed by atoms with Crippen LogP contribution in [0.1, 0.15) is 226 Å². The van der Waals surface area contributed by atoms with E-state index in [-0.39, 0.29) is 25.9 Å². The summed E-state index contributed by atoms with van der Waals surface area (Å²) in [5, 5.41) is 9.77. The highest BCUT2D eigenvalue weighted by Crippen LogP contribution is 2.43. The molecule has 0 bridgehead atoms. The minimum atomic E-state index is -4.77. The predicted octanol–water partition coefficient (Wildman–Crippen LogP) is 15.9. The van der Waals surface area contributed by atoms with Gasteiger partial charge in [-0.15, -0.1) is 0 Å². The van der Waals surface area contributed by atoms with Crippen LogP contribution in [-0.2, 0) is 42.2 Å². The van der Waals surface area contributed by atoms with Crippen molar-refractivity contribution in [3.8, 4) is 0 Å². The molecule has 0 saturated heterocycles. The van der Waals surface area contributed by atoms with Gasteiger partial charge in [0.05, 0.1) is 26.2 Å². The van der Waals surface area contributed by atoms with Crippen molar-refractivity contribution < 1.29 is 52.2 Å². The van der Waals surface area contributed by atoms with Gasteiger partial charge in [-0.05, 0) is 89.9 Å². The van der Waals surface area contributed by atoms with Gasteiger partial charge in [0.1, 0.15) is 12.7 Å². The number of ether oxygens (including phenoxy) is 3.